The van der Waals surface area contributed by atoms with Crippen molar-refractivity contribution in [1.82, 2.24) is 0 Å². The van der Waals surface area contributed by atoms with E-state index in [1.54, 1.807) is 7.11 Å². The van der Waals surface area contributed by atoms with Gasteiger partial charge in [-0.05, 0) is 65.6 Å². The average Bonchev–Trinajstić information content (AvgIpc) is 2.82. The van der Waals surface area contributed by atoms with Crippen LogP contribution in [0.3, 0.4) is 0 Å². The maximum absolute atomic E-state index is 7.00. The molecule has 0 fully saturated rings. The summed E-state index contributed by atoms with van der Waals surface area (Å²) in [6.07, 6.45) is 4.37. The van der Waals surface area contributed by atoms with Crippen LogP contribution in [0, 0.1) is 0 Å². The number of rotatable bonds is 7. The topological polar surface area (TPSA) is 29.5 Å². The van der Waals surface area contributed by atoms with Crippen molar-refractivity contribution in [3.63, 3.8) is 0 Å². The normalized spacial score (nSPS) is 10.9. The van der Waals surface area contributed by atoms with Gasteiger partial charge in [0.1, 0.15) is 5.75 Å². The Hall–Kier alpha value is -1.88. The number of hydrogen-bond acceptors (Lipinski definition) is 4. The first kappa shape index (κ1) is 28.2. The molecule has 4 heteroatoms. The molecular formula is C28H38O2S2. The first-order chi connectivity index (χ1) is 15.5. The Kier molecular flexibility index (Phi) is 13.9. The maximum Gasteiger partial charge on any atom is 0.132 e. The molecule has 0 radical (unpaired) electrons. The van der Waals surface area contributed by atoms with E-state index in [1.807, 2.05) is 36.4 Å². The standard InChI is InChI=1S/C21H28OS.C6H6S.CH4O/c1-5-9-16-10-7-8-11-19(16)15(3)14-17-12-13-20(22-4)21(23)18(17)6-2;7-6-4-2-1-3-5-6;1-2/h7-8,10-13,15,23H,5-6,9,14H2,1-4H3;1-5,7H;2H,1H3. The maximum atomic E-state index is 7.00. The van der Waals surface area contributed by atoms with Crippen LogP contribution in [0.25, 0.3) is 0 Å². The minimum atomic E-state index is 0.504. The van der Waals surface area contributed by atoms with Gasteiger partial charge >= 0.3 is 0 Å². The summed E-state index contributed by atoms with van der Waals surface area (Å²) in [5.74, 6) is 1.37. The first-order valence-electron chi connectivity index (χ1n) is 11.2. The molecular weight excluding hydrogens is 432 g/mol. The molecule has 2 nitrogen and oxygen atoms in total. The molecule has 3 aromatic rings. The number of thiol groups is 2. The number of aliphatic hydroxyl groups excluding tert-OH is 1. The predicted octanol–water partition coefficient (Wildman–Crippen LogP) is 7.43. The number of methoxy groups -OCH3 is 1. The Morgan fingerprint density at radius 1 is 0.844 bits per heavy atom. The number of aryl methyl sites for hydroxylation is 1. The summed E-state index contributed by atoms with van der Waals surface area (Å²) in [4.78, 5) is 2.00. The Morgan fingerprint density at radius 3 is 2.00 bits per heavy atom. The van der Waals surface area contributed by atoms with Crippen LogP contribution in [0.5, 0.6) is 5.75 Å². The molecule has 1 atom stereocenters. The molecule has 174 valence electrons. The van der Waals surface area contributed by atoms with Gasteiger partial charge in [0.15, 0.2) is 0 Å². The number of benzene rings is 3. The number of hydrogen-bond donors (Lipinski definition) is 3. The lowest BCUT2D eigenvalue weighted by atomic mass is 9.87. The van der Waals surface area contributed by atoms with Crippen molar-refractivity contribution in [3.8, 4) is 5.75 Å². The van der Waals surface area contributed by atoms with Crippen molar-refractivity contribution in [3.05, 3.63) is 89.0 Å². The molecule has 0 heterocycles. The molecule has 0 aliphatic rings. The Labute approximate surface area is 205 Å². The van der Waals surface area contributed by atoms with Crippen LogP contribution in [0.2, 0.25) is 0 Å². The summed E-state index contributed by atoms with van der Waals surface area (Å²) in [7, 11) is 2.71. The molecule has 0 saturated carbocycles. The monoisotopic (exact) mass is 470 g/mol. The molecule has 0 amide bonds. The second-order valence-corrected chi connectivity index (χ2v) is 8.46. The quantitative estimate of drug-likeness (QED) is 0.313. The van der Waals surface area contributed by atoms with E-state index in [4.69, 9.17) is 9.84 Å². The third-order valence-corrected chi connectivity index (χ3v) is 6.09. The van der Waals surface area contributed by atoms with Crippen molar-refractivity contribution >= 4 is 25.3 Å². The van der Waals surface area contributed by atoms with Gasteiger partial charge < -0.3 is 9.84 Å². The summed E-state index contributed by atoms with van der Waals surface area (Å²) in [6.45, 7) is 6.76. The van der Waals surface area contributed by atoms with Crippen LogP contribution in [0.1, 0.15) is 55.4 Å². The second-order valence-electron chi connectivity index (χ2n) is 7.50. The van der Waals surface area contributed by atoms with Crippen molar-refractivity contribution in [2.75, 3.05) is 14.2 Å². The lowest BCUT2D eigenvalue weighted by molar-refractivity contribution is 0.399. The molecule has 0 saturated heterocycles. The van der Waals surface area contributed by atoms with Gasteiger partial charge in [-0.3, -0.25) is 0 Å². The minimum Gasteiger partial charge on any atom is -0.496 e. The third kappa shape index (κ3) is 8.57. The summed E-state index contributed by atoms with van der Waals surface area (Å²) in [6, 6.07) is 22.9. The molecule has 1 unspecified atom stereocenters. The SMILES string of the molecule is CCCc1ccccc1C(C)Cc1ccc(OC)c(S)c1CC.CO.Sc1ccccc1. The zero-order valence-corrected chi connectivity index (χ0v) is 21.8. The van der Waals surface area contributed by atoms with Crippen LogP contribution in [0.4, 0.5) is 0 Å². The van der Waals surface area contributed by atoms with Crippen molar-refractivity contribution in [2.45, 2.75) is 62.2 Å². The highest BCUT2D eigenvalue weighted by Crippen LogP contribution is 2.33. The molecule has 0 bridgehead atoms. The summed E-state index contributed by atoms with van der Waals surface area (Å²) >= 11 is 8.76. The van der Waals surface area contributed by atoms with Crippen molar-refractivity contribution in [1.29, 1.82) is 0 Å². The fourth-order valence-electron chi connectivity index (χ4n) is 3.79. The zero-order valence-electron chi connectivity index (χ0n) is 20.0. The lowest BCUT2D eigenvalue weighted by Gasteiger charge is -2.20. The fourth-order valence-corrected chi connectivity index (χ4v) is 4.43. The summed E-state index contributed by atoms with van der Waals surface area (Å²) in [5, 5.41) is 7.00. The number of aliphatic hydroxyl groups is 1. The Morgan fingerprint density at radius 2 is 1.47 bits per heavy atom. The third-order valence-electron chi connectivity index (χ3n) is 5.30. The van der Waals surface area contributed by atoms with Crippen molar-refractivity contribution in [2.24, 2.45) is 0 Å². The fraction of sp³-hybridized carbons (Fsp3) is 0.357. The van der Waals surface area contributed by atoms with Crippen LogP contribution in [-0.4, -0.2) is 19.3 Å². The molecule has 0 aliphatic heterocycles. The van der Waals surface area contributed by atoms with E-state index in [9.17, 15) is 0 Å². The van der Waals surface area contributed by atoms with Gasteiger partial charge in [-0.2, -0.15) is 0 Å². The summed E-state index contributed by atoms with van der Waals surface area (Å²) in [5.41, 5.74) is 5.66. The van der Waals surface area contributed by atoms with Crippen LogP contribution < -0.4 is 4.74 Å². The predicted molar refractivity (Wildman–Crippen MR) is 144 cm³/mol. The average molecular weight is 471 g/mol. The van der Waals surface area contributed by atoms with E-state index in [0.29, 0.717) is 5.92 Å². The van der Waals surface area contributed by atoms with E-state index in [-0.39, 0.29) is 0 Å². The number of ether oxygens (including phenoxy) is 1. The van der Waals surface area contributed by atoms with Gasteiger partial charge in [0.05, 0.1) is 7.11 Å². The van der Waals surface area contributed by atoms with E-state index < -0.39 is 0 Å². The van der Waals surface area contributed by atoms with Gasteiger partial charge in [0.2, 0.25) is 0 Å². The van der Waals surface area contributed by atoms with Gasteiger partial charge in [-0.1, -0.05) is 75.7 Å². The zero-order chi connectivity index (χ0) is 23.9. The Balaban J connectivity index is 0.000000477. The lowest BCUT2D eigenvalue weighted by Crippen LogP contribution is -2.05. The second kappa shape index (κ2) is 15.8. The highest BCUT2D eigenvalue weighted by Gasteiger charge is 2.15. The van der Waals surface area contributed by atoms with Gasteiger partial charge in [-0.25, -0.2) is 0 Å². The highest BCUT2D eigenvalue weighted by molar-refractivity contribution is 7.80. The van der Waals surface area contributed by atoms with Crippen molar-refractivity contribution < 1.29 is 9.84 Å². The van der Waals surface area contributed by atoms with Crippen LogP contribution in [0.15, 0.2) is 76.5 Å². The Bertz CT molecular complexity index is 911. The van der Waals surface area contributed by atoms with Gasteiger partial charge in [0, 0.05) is 16.9 Å². The van der Waals surface area contributed by atoms with E-state index in [2.05, 4.69) is 76.4 Å². The minimum absolute atomic E-state index is 0.504. The summed E-state index contributed by atoms with van der Waals surface area (Å²) < 4.78 is 5.41. The molecule has 32 heavy (non-hydrogen) atoms. The molecule has 1 N–H and O–H groups in total. The van der Waals surface area contributed by atoms with Crippen LogP contribution >= 0.6 is 25.3 Å². The molecule has 3 rings (SSSR count). The highest BCUT2D eigenvalue weighted by atomic mass is 32.1. The molecule has 0 aliphatic carbocycles. The van der Waals surface area contributed by atoms with Gasteiger partial charge in [0.25, 0.3) is 0 Å². The molecule has 0 spiro atoms. The van der Waals surface area contributed by atoms with Gasteiger partial charge in [-0.15, -0.1) is 25.3 Å². The molecule has 0 aromatic heterocycles. The van der Waals surface area contributed by atoms with E-state index in [1.165, 1.54) is 28.7 Å². The van der Waals surface area contributed by atoms with Crippen LogP contribution in [-0.2, 0) is 19.3 Å². The largest absolute Gasteiger partial charge is 0.496 e. The first-order valence-corrected chi connectivity index (χ1v) is 12.0. The van der Waals surface area contributed by atoms with E-state index >= 15 is 0 Å². The van der Waals surface area contributed by atoms with E-state index in [0.717, 1.165) is 41.9 Å². The smallest absolute Gasteiger partial charge is 0.132 e. The molecule has 3 aromatic carbocycles.